The second kappa shape index (κ2) is 9.38. The fourth-order valence-corrected chi connectivity index (χ4v) is 4.26. The van der Waals surface area contributed by atoms with Gasteiger partial charge in [-0.05, 0) is 24.5 Å². The van der Waals surface area contributed by atoms with E-state index in [9.17, 15) is 0 Å². The van der Waals surface area contributed by atoms with Crippen molar-refractivity contribution in [2.75, 3.05) is 58.4 Å². The van der Waals surface area contributed by atoms with Crippen LogP contribution in [-0.4, -0.2) is 74.1 Å². The number of guanidine groups is 1. The van der Waals surface area contributed by atoms with Gasteiger partial charge in [0.1, 0.15) is 11.9 Å². The van der Waals surface area contributed by atoms with E-state index in [0.717, 1.165) is 50.0 Å². The van der Waals surface area contributed by atoms with Crippen LogP contribution in [-0.2, 0) is 11.8 Å². The summed E-state index contributed by atoms with van der Waals surface area (Å²) < 4.78 is 13.2. The van der Waals surface area contributed by atoms with Gasteiger partial charge in [0.2, 0.25) is 0 Å². The fourth-order valence-electron chi connectivity index (χ4n) is 4.26. The van der Waals surface area contributed by atoms with E-state index in [-0.39, 0.29) is 6.10 Å². The number of anilines is 1. The Balaban J connectivity index is 1.30. The van der Waals surface area contributed by atoms with Gasteiger partial charge >= 0.3 is 0 Å². The minimum absolute atomic E-state index is 0.0287. The number of aromatic nitrogens is 2. The largest absolute Gasteiger partial charge is 0.497 e. The molecule has 2 fully saturated rings. The predicted molar refractivity (Wildman–Crippen MR) is 118 cm³/mol. The number of nitrogens with zero attached hydrogens (tertiary/aromatic N) is 5. The highest BCUT2D eigenvalue weighted by Gasteiger charge is 2.27. The van der Waals surface area contributed by atoms with E-state index in [1.807, 2.05) is 37.2 Å². The lowest BCUT2D eigenvalue weighted by Gasteiger charge is -2.35. The summed E-state index contributed by atoms with van der Waals surface area (Å²) in [5.41, 5.74) is 2.34. The Kier molecular flexibility index (Phi) is 6.42. The van der Waals surface area contributed by atoms with E-state index < -0.39 is 0 Å². The monoisotopic (exact) mass is 412 g/mol. The first kappa shape index (κ1) is 20.5. The number of rotatable bonds is 5. The standard InChI is InChI=1S/C22H32N6O2/c1-23-22(28-9-10-30-21(16-28)18-13-25-26(2)15-18)24-12-17-7-8-27(14-17)19-5-4-6-20(11-19)29-3/h4-6,11,13,15,17,21H,7-10,12,14,16H2,1-3H3,(H,23,24). The van der Waals surface area contributed by atoms with Crippen LogP contribution < -0.4 is 15.0 Å². The van der Waals surface area contributed by atoms with Gasteiger partial charge in [0, 0.05) is 63.8 Å². The highest BCUT2D eigenvalue weighted by Crippen LogP contribution is 2.27. The molecule has 1 aromatic heterocycles. The Bertz CT molecular complexity index is 867. The lowest BCUT2D eigenvalue weighted by molar-refractivity contribution is -0.00806. The summed E-state index contributed by atoms with van der Waals surface area (Å²) in [6.45, 7) is 5.34. The molecule has 0 aliphatic carbocycles. The summed E-state index contributed by atoms with van der Waals surface area (Å²) in [6, 6.07) is 8.31. The van der Waals surface area contributed by atoms with Crippen molar-refractivity contribution in [3.8, 4) is 5.75 Å². The Morgan fingerprint density at radius 3 is 3.00 bits per heavy atom. The van der Waals surface area contributed by atoms with Crippen molar-refractivity contribution in [2.45, 2.75) is 12.5 Å². The molecular formula is C22H32N6O2. The van der Waals surface area contributed by atoms with Crippen molar-refractivity contribution in [2.24, 2.45) is 18.0 Å². The fraction of sp³-hybridized carbons (Fsp3) is 0.545. The molecule has 0 radical (unpaired) electrons. The van der Waals surface area contributed by atoms with Gasteiger partial charge in [0.05, 0.1) is 26.5 Å². The molecule has 0 spiro atoms. The summed E-state index contributed by atoms with van der Waals surface area (Å²) >= 11 is 0. The Hall–Kier alpha value is -2.74. The zero-order valence-corrected chi connectivity index (χ0v) is 18.1. The number of aliphatic imine (C=N–C) groups is 1. The number of methoxy groups -OCH3 is 1. The molecule has 162 valence electrons. The molecule has 2 unspecified atom stereocenters. The van der Waals surface area contributed by atoms with Crippen LogP contribution in [0, 0.1) is 5.92 Å². The van der Waals surface area contributed by atoms with Crippen molar-refractivity contribution in [3.05, 3.63) is 42.2 Å². The zero-order chi connectivity index (χ0) is 20.9. The van der Waals surface area contributed by atoms with Crippen LogP contribution in [0.3, 0.4) is 0 Å². The van der Waals surface area contributed by atoms with Crippen LogP contribution in [0.15, 0.2) is 41.7 Å². The minimum atomic E-state index is 0.0287. The Morgan fingerprint density at radius 2 is 2.23 bits per heavy atom. The molecule has 4 rings (SSSR count). The molecule has 0 saturated carbocycles. The maximum absolute atomic E-state index is 5.97. The smallest absolute Gasteiger partial charge is 0.193 e. The lowest BCUT2D eigenvalue weighted by atomic mass is 10.1. The molecule has 1 N–H and O–H groups in total. The van der Waals surface area contributed by atoms with E-state index in [0.29, 0.717) is 12.5 Å². The molecule has 8 nitrogen and oxygen atoms in total. The van der Waals surface area contributed by atoms with Crippen molar-refractivity contribution >= 4 is 11.6 Å². The third-order valence-electron chi connectivity index (χ3n) is 5.93. The van der Waals surface area contributed by atoms with Crippen molar-refractivity contribution in [1.29, 1.82) is 0 Å². The molecule has 30 heavy (non-hydrogen) atoms. The van der Waals surface area contributed by atoms with Crippen LogP contribution in [0.1, 0.15) is 18.1 Å². The second-order valence-corrected chi connectivity index (χ2v) is 7.98. The third-order valence-corrected chi connectivity index (χ3v) is 5.93. The quantitative estimate of drug-likeness (QED) is 0.598. The topological polar surface area (TPSA) is 67.2 Å². The average molecular weight is 413 g/mol. The molecule has 2 aliphatic rings. The van der Waals surface area contributed by atoms with Crippen molar-refractivity contribution in [3.63, 3.8) is 0 Å². The van der Waals surface area contributed by atoms with Gasteiger partial charge < -0.3 is 24.6 Å². The molecule has 2 aliphatic heterocycles. The van der Waals surface area contributed by atoms with Crippen LogP contribution in [0.25, 0.3) is 0 Å². The number of ether oxygens (including phenoxy) is 2. The maximum Gasteiger partial charge on any atom is 0.193 e. The van der Waals surface area contributed by atoms with Gasteiger partial charge in [-0.25, -0.2) is 0 Å². The molecule has 3 heterocycles. The Morgan fingerprint density at radius 1 is 1.33 bits per heavy atom. The van der Waals surface area contributed by atoms with Gasteiger partial charge in [-0.15, -0.1) is 0 Å². The molecule has 0 amide bonds. The number of aryl methyl sites for hydroxylation is 1. The number of morpholine rings is 1. The summed E-state index contributed by atoms with van der Waals surface area (Å²) in [4.78, 5) is 9.25. The molecule has 2 aromatic rings. The van der Waals surface area contributed by atoms with Gasteiger partial charge in [-0.1, -0.05) is 6.07 Å². The second-order valence-electron chi connectivity index (χ2n) is 7.98. The van der Waals surface area contributed by atoms with Crippen LogP contribution >= 0.6 is 0 Å². The summed E-state index contributed by atoms with van der Waals surface area (Å²) in [6.07, 6.45) is 5.11. The summed E-state index contributed by atoms with van der Waals surface area (Å²) in [7, 11) is 5.50. The number of nitrogens with one attached hydrogen (secondary N) is 1. The van der Waals surface area contributed by atoms with E-state index in [1.54, 1.807) is 7.11 Å². The first-order valence-corrected chi connectivity index (χ1v) is 10.6. The molecule has 2 saturated heterocycles. The average Bonchev–Trinajstić information content (AvgIpc) is 3.44. The van der Waals surface area contributed by atoms with Crippen molar-refractivity contribution in [1.82, 2.24) is 20.0 Å². The molecule has 1 aromatic carbocycles. The van der Waals surface area contributed by atoms with Gasteiger partial charge in [-0.2, -0.15) is 5.10 Å². The first-order valence-electron chi connectivity index (χ1n) is 10.6. The number of hydrogen-bond donors (Lipinski definition) is 1. The molecular weight excluding hydrogens is 380 g/mol. The number of benzene rings is 1. The lowest BCUT2D eigenvalue weighted by Crippen LogP contribution is -2.49. The summed E-state index contributed by atoms with van der Waals surface area (Å²) in [5, 5.41) is 7.87. The van der Waals surface area contributed by atoms with Gasteiger partial charge in [0.15, 0.2) is 5.96 Å². The predicted octanol–water partition coefficient (Wildman–Crippen LogP) is 1.90. The van der Waals surface area contributed by atoms with Crippen molar-refractivity contribution < 1.29 is 9.47 Å². The molecule has 8 heteroatoms. The van der Waals surface area contributed by atoms with Crippen LogP contribution in [0.4, 0.5) is 5.69 Å². The van der Waals surface area contributed by atoms with E-state index in [1.165, 1.54) is 12.1 Å². The van der Waals surface area contributed by atoms with E-state index >= 15 is 0 Å². The molecule has 2 atom stereocenters. The summed E-state index contributed by atoms with van der Waals surface area (Å²) in [5.74, 6) is 2.44. The van der Waals surface area contributed by atoms with E-state index in [4.69, 9.17) is 9.47 Å². The van der Waals surface area contributed by atoms with Gasteiger partial charge in [-0.3, -0.25) is 9.67 Å². The van der Waals surface area contributed by atoms with E-state index in [2.05, 4.69) is 43.4 Å². The molecule has 0 bridgehead atoms. The minimum Gasteiger partial charge on any atom is -0.497 e. The Labute approximate surface area is 178 Å². The zero-order valence-electron chi connectivity index (χ0n) is 18.1. The maximum atomic E-state index is 5.97. The van der Waals surface area contributed by atoms with Crippen LogP contribution in [0.2, 0.25) is 0 Å². The number of hydrogen-bond acceptors (Lipinski definition) is 5. The highest BCUT2D eigenvalue weighted by atomic mass is 16.5. The first-order chi connectivity index (χ1) is 14.7. The normalized spacial score (nSPS) is 22.4. The SMILES string of the molecule is CN=C(NCC1CCN(c2cccc(OC)c2)C1)N1CCOC(c2cnn(C)c2)C1. The van der Waals surface area contributed by atoms with Crippen LogP contribution in [0.5, 0.6) is 5.75 Å². The van der Waals surface area contributed by atoms with Gasteiger partial charge in [0.25, 0.3) is 0 Å². The highest BCUT2D eigenvalue weighted by molar-refractivity contribution is 5.80. The third kappa shape index (κ3) is 4.70.